The fraction of sp³-hybridized carbons (Fsp3) is 0.381. The van der Waals surface area contributed by atoms with Crippen molar-refractivity contribution < 1.29 is 0 Å². The third kappa shape index (κ3) is 2.84. The first-order valence-electron chi connectivity index (χ1n) is 8.90. The maximum absolute atomic E-state index is 4.87. The summed E-state index contributed by atoms with van der Waals surface area (Å²) in [5.41, 5.74) is 5.19. The van der Waals surface area contributed by atoms with Crippen molar-refractivity contribution >= 4 is 11.0 Å². The number of benzene rings is 2. The van der Waals surface area contributed by atoms with Gasteiger partial charge in [-0.25, -0.2) is 4.98 Å². The molecular formula is C21H25N3. The van der Waals surface area contributed by atoms with Crippen LogP contribution in [-0.2, 0) is 13.6 Å². The van der Waals surface area contributed by atoms with Crippen LogP contribution in [0, 0.1) is 6.92 Å². The fourth-order valence-electron chi connectivity index (χ4n) is 4.00. The van der Waals surface area contributed by atoms with Crippen molar-refractivity contribution in [2.75, 3.05) is 13.1 Å². The highest BCUT2D eigenvalue weighted by Crippen LogP contribution is 2.28. The van der Waals surface area contributed by atoms with Gasteiger partial charge in [-0.2, -0.15) is 0 Å². The van der Waals surface area contributed by atoms with E-state index in [9.17, 15) is 0 Å². The largest absolute Gasteiger partial charge is 0.330 e. The summed E-state index contributed by atoms with van der Waals surface area (Å²) in [4.78, 5) is 7.42. The highest BCUT2D eigenvalue weighted by molar-refractivity contribution is 5.79. The molecule has 1 aliphatic heterocycles. The summed E-state index contributed by atoms with van der Waals surface area (Å²) in [7, 11) is 2.15. The molecule has 2 aromatic carbocycles. The lowest BCUT2D eigenvalue weighted by atomic mass is 9.89. The molecule has 1 saturated heterocycles. The summed E-state index contributed by atoms with van der Waals surface area (Å²) in [6.45, 7) is 5.43. The Morgan fingerprint density at radius 3 is 2.46 bits per heavy atom. The van der Waals surface area contributed by atoms with Crippen LogP contribution < -0.4 is 0 Å². The minimum Gasteiger partial charge on any atom is -0.330 e. The SMILES string of the molecule is Cc1cccc2nc(CN3CCC(c4ccccc4)CC3)n(C)c12. The van der Waals surface area contributed by atoms with Crippen molar-refractivity contribution in [1.29, 1.82) is 0 Å². The normalized spacial score (nSPS) is 16.8. The minimum absolute atomic E-state index is 0.713. The van der Waals surface area contributed by atoms with Crippen LogP contribution in [0.15, 0.2) is 48.5 Å². The van der Waals surface area contributed by atoms with Crippen molar-refractivity contribution in [2.45, 2.75) is 32.2 Å². The van der Waals surface area contributed by atoms with Gasteiger partial charge in [0.1, 0.15) is 5.82 Å². The molecule has 1 aliphatic rings. The quantitative estimate of drug-likeness (QED) is 0.719. The topological polar surface area (TPSA) is 21.1 Å². The van der Waals surface area contributed by atoms with Crippen LogP contribution in [-0.4, -0.2) is 27.5 Å². The summed E-state index contributed by atoms with van der Waals surface area (Å²) in [5, 5.41) is 0. The number of para-hydroxylation sites is 1. The first kappa shape index (κ1) is 15.4. The van der Waals surface area contributed by atoms with E-state index < -0.39 is 0 Å². The molecule has 0 spiro atoms. The van der Waals surface area contributed by atoms with Crippen LogP contribution in [0.25, 0.3) is 11.0 Å². The third-order valence-corrected chi connectivity index (χ3v) is 5.41. The molecule has 0 bridgehead atoms. The van der Waals surface area contributed by atoms with Gasteiger partial charge in [-0.15, -0.1) is 0 Å². The third-order valence-electron chi connectivity index (χ3n) is 5.41. The van der Waals surface area contributed by atoms with Crippen LogP contribution >= 0.6 is 0 Å². The Morgan fingerprint density at radius 2 is 1.75 bits per heavy atom. The van der Waals surface area contributed by atoms with Crippen LogP contribution in [0.4, 0.5) is 0 Å². The minimum atomic E-state index is 0.713. The molecule has 3 heteroatoms. The summed E-state index contributed by atoms with van der Waals surface area (Å²) >= 11 is 0. The molecule has 0 N–H and O–H groups in total. The van der Waals surface area contributed by atoms with E-state index >= 15 is 0 Å². The van der Waals surface area contributed by atoms with E-state index in [1.807, 2.05) is 0 Å². The molecule has 0 aliphatic carbocycles. The Hall–Kier alpha value is -2.13. The first-order chi connectivity index (χ1) is 11.7. The number of likely N-dealkylation sites (tertiary alicyclic amines) is 1. The lowest BCUT2D eigenvalue weighted by molar-refractivity contribution is 0.199. The van der Waals surface area contributed by atoms with E-state index in [1.54, 1.807) is 0 Å². The number of rotatable bonds is 3. The van der Waals surface area contributed by atoms with Gasteiger partial charge in [0.15, 0.2) is 0 Å². The summed E-state index contributed by atoms with van der Waals surface area (Å²) < 4.78 is 2.27. The molecule has 1 aromatic heterocycles. The van der Waals surface area contributed by atoms with Crippen LogP contribution in [0.3, 0.4) is 0 Å². The number of aromatic nitrogens is 2. The highest BCUT2D eigenvalue weighted by Gasteiger charge is 2.22. The Bertz CT molecular complexity index is 827. The first-order valence-corrected chi connectivity index (χ1v) is 8.90. The average Bonchev–Trinajstić information content (AvgIpc) is 2.93. The maximum atomic E-state index is 4.87. The number of nitrogens with zero attached hydrogens (tertiary/aromatic N) is 3. The lowest BCUT2D eigenvalue weighted by Crippen LogP contribution is -2.33. The van der Waals surface area contributed by atoms with E-state index in [2.05, 4.69) is 72.0 Å². The van der Waals surface area contributed by atoms with Gasteiger partial charge in [0, 0.05) is 7.05 Å². The standard InChI is InChI=1S/C21H25N3/c1-16-7-6-10-19-21(16)23(2)20(22-19)15-24-13-11-18(12-14-24)17-8-4-3-5-9-17/h3-10,18H,11-15H2,1-2H3. The van der Waals surface area contributed by atoms with Gasteiger partial charge in [0.05, 0.1) is 17.6 Å². The van der Waals surface area contributed by atoms with E-state index in [1.165, 1.54) is 35.3 Å². The van der Waals surface area contributed by atoms with Crippen LogP contribution in [0.2, 0.25) is 0 Å². The Labute approximate surface area is 143 Å². The van der Waals surface area contributed by atoms with Crippen LogP contribution in [0.1, 0.15) is 35.7 Å². The van der Waals surface area contributed by atoms with Crippen LogP contribution in [0.5, 0.6) is 0 Å². The second kappa shape index (κ2) is 6.40. The van der Waals surface area contributed by atoms with E-state index in [-0.39, 0.29) is 0 Å². The van der Waals surface area contributed by atoms with Gasteiger partial charge in [-0.1, -0.05) is 42.5 Å². The molecule has 0 amide bonds. The van der Waals surface area contributed by atoms with Gasteiger partial charge < -0.3 is 4.57 Å². The Morgan fingerprint density at radius 1 is 1.00 bits per heavy atom. The van der Waals surface area contributed by atoms with Crippen molar-refractivity contribution in [3.63, 3.8) is 0 Å². The van der Waals surface area contributed by atoms with E-state index in [0.29, 0.717) is 5.92 Å². The summed E-state index contributed by atoms with van der Waals surface area (Å²) in [6.07, 6.45) is 2.49. The molecule has 0 saturated carbocycles. The molecule has 2 heterocycles. The highest BCUT2D eigenvalue weighted by atomic mass is 15.2. The van der Waals surface area contributed by atoms with Crippen molar-refractivity contribution in [2.24, 2.45) is 7.05 Å². The molecule has 24 heavy (non-hydrogen) atoms. The van der Waals surface area contributed by atoms with Gasteiger partial charge in [0.2, 0.25) is 0 Å². The summed E-state index contributed by atoms with van der Waals surface area (Å²) in [5.74, 6) is 1.89. The van der Waals surface area contributed by atoms with Gasteiger partial charge in [-0.05, 0) is 56.0 Å². The van der Waals surface area contributed by atoms with Crippen molar-refractivity contribution in [1.82, 2.24) is 14.5 Å². The van der Waals surface area contributed by atoms with Crippen molar-refractivity contribution in [3.05, 3.63) is 65.5 Å². The zero-order chi connectivity index (χ0) is 16.5. The van der Waals surface area contributed by atoms with E-state index in [4.69, 9.17) is 4.98 Å². The maximum Gasteiger partial charge on any atom is 0.123 e. The number of piperidine rings is 1. The summed E-state index contributed by atoms with van der Waals surface area (Å²) in [6, 6.07) is 17.3. The smallest absolute Gasteiger partial charge is 0.123 e. The average molecular weight is 319 g/mol. The molecule has 0 atom stereocenters. The molecule has 1 fully saturated rings. The monoisotopic (exact) mass is 319 g/mol. The van der Waals surface area contributed by atoms with Gasteiger partial charge in [-0.3, -0.25) is 4.90 Å². The second-order valence-corrected chi connectivity index (χ2v) is 6.99. The zero-order valence-corrected chi connectivity index (χ0v) is 14.6. The molecular weight excluding hydrogens is 294 g/mol. The predicted molar refractivity (Wildman–Crippen MR) is 99.1 cm³/mol. The molecule has 124 valence electrons. The molecule has 0 radical (unpaired) electrons. The van der Waals surface area contributed by atoms with Gasteiger partial charge in [0.25, 0.3) is 0 Å². The Kier molecular flexibility index (Phi) is 4.11. The number of aryl methyl sites for hydroxylation is 2. The molecule has 0 unspecified atom stereocenters. The number of hydrogen-bond donors (Lipinski definition) is 0. The molecule has 3 nitrogen and oxygen atoms in total. The van der Waals surface area contributed by atoms with Gasteiger partial charge >= 0.3 is 0 Å². The predicted octanol–water partition coefficient (Wildman–Crippen LogP) is 4.26. The number of imidazole rings is 1. The van der Waals surface area contributed by atoms with Crippen molar-refractivity contribution in [3.8, 4) is 0 Å². The second-order valence-electron chi connectivity index (χ2n) is 6.99. The van der Waals surface area contributed by atoms with E-state index in [0.717, 1.165) is 25.2 Å². The molecule has 3 aromatic rings. The Balaban J connectivity index is 1.46. The zero-order valence-electron chi connectivity index (χ0n) is 14.6. The lowest BCUT2D eigenvalue weighted by Gasteiger charge is -2.31. The number of hydrogen-bond acceptors (Lipinski definition) is 2. The number of fused-ring (bicyclic) bond motifs is 1. The molecule has 4 rings (SSSR count). The fourth-order valence-corrected chi connectivity index (χ4v) is 4.00.